The van der Waals surface area contributed by atoms with Crippen molar-refractivity contribution in [3.8, 4) is 0 Å². The first-order valence-corrected chi connectivity index (χ1v) is 14.8. The van der Waals surface area contributed by atoms with Crippen molar-refractivity contribution in [3.63, 3.8) is 0 Å². The van der Waals surface area contributed by atoms with Gasteiger partial charge in [0.2, 0.25) is 0 Å². The molecule has 3 heteroatoms. The molecule has 0 fully saturated rings. The van der Waals surface area contributed by atoms with Gasteiger partial charge in [-0.2, -0.15) is 0 Å². The fourth-order valence-electron chi connectivity index (χ4n) is 4.85. The maximum Gasteiger partial charge on any atom is 0.152 e. The third-order valence-electron chi connectivity index (χ3n) is 6.96. The molecule has 0 aromatic heterocycles. The maximum atomic E-state index is 12.2. The van der Waals surface area contributed by atoms with Gasteiger partial charge in [-0.15, -0.1) is 0 Å². The van der Waals surface area contributed by atoms with E-state index in [4.69, 9.17) is 0 Å². The number of anilines is 2. The number of aldehydes is 1. The SMILES string of the molecule is CCCCCCN(CCCCCC)c1cccc(C=O)c1N(CCCCCC)CCCCCC. The molecule has 0 bridgehead atoms. The largest absolute Gasteiger partial charge is 0.370 e. The van der Waals surface area contributed by atoms with E-state index in [1.54, 1.807) is 0 Å². The van der Waals surface area contributed by atoms with E-state index in [0.717, 1.165) is 38.0 Å². The number of unbranched alkanes of at least 4 members (excludes halogenated alkanes) is 12. The average molecular weight is 473 g/mol. The van der Waals surface area contributed by atoms with Gasteiger partial charge >= 0.3 is 0 Å². The van der Waals surface area contributed by atoms with Crippen LogP contribution in [0.4, 0.5) is 11.4 Å². The highest BCUT2D eigenvalue weighted by Crippen LogP contribution is 2.34. The van der Waals surface area contributed by atoms with Gasteiger partial charge in [-0.3, -0.25) is 4.79 Å². The van der Waals surface area contributed by atoms with Gasteiger partial charge in [0.25, 0.3) is 0 Å². The number of benzene rings is 1. The Morgan fingerprint density at radius 3 is 1.35 bits per heavy atom. The van der Waals surface area contributed by atoms with Gasteiger partial charge < -0.3 is 9.80 Å². The Morgan fingerprint density at radius 2 is 0.971 bits per heavy atom. The van der Waals surface area contributed by atoms with E-state index in [1.165, 1.54) is 114 Å². The van der Waals surface area contributed by atoms with Crippen LogP contribution < -0.4 is 9.80 Å². The number of rotatable bonds is 23. The van der Waals surface area contributed by atoms with Crippen LogP contribution in [0.2, 0.25) is 0 Å². The first-order valence-electron chi connectivity index (χ1n) is 14.8. The molecule has 0 saturated carbocycles. The van der Waals surface area contributed by atoms with E-state index >= 15 is 0 Å². The lowest BCUT2D eigenvalue weighted by Crippen LogP contribution is -2.32. The summed E-state index contributed by atoms with van der Waals surface area (Å²) >= 11 is 0. The van der Waals surface area contributed by atoms with Crippen LogP contribution in [0.1, 0.15) is 141 Å². The highest BCUT2D eigenvalue weighted by atomic mass is 16.1. The molecule has 1 aromatic carbocycles. The van der Waals surface area contributed by atoms with Gasteiger partial charge in [0.05, 0.1) is 11.4 Å². The third kappa shape index (κ3) is 12.3. The van der Waals surface area contributed by atoms with Crippen LogP contribution in [0.5, 0.6) is 0 Å². The number of para-hydroxylation sites is 1. The molecule has 0 radical (unpaired) electrons. The first kappa shape index (κ1) is 30.5. The second-order valence-electron chi connectivity index (χ2n) is 10.0. The van der Waals surface area contributed by atoms with Crippen LogP contribution >= 0.6 is 0 Å². The summed E-state index contributed by atoms with van der Waals surface area (Å²) in [5.74, 6) is 0. The van der Waals surface area contributed by atoms with Crippen LogP contribution in [0.15, 0.2) is 18.2 Å². The second-order valence-corrected chi connectivity index (χ2v) is 10.0. The van der Waals surface area contributed by atoms with Gasteiger partial charge in [-0.1, -0.05) is 111 Å². The van der Waals surface area contributed by atoms with Gasteiger partial charge in [-0.05, 0) is 37.8 Å². The molecule has 0 unspecified atom stereocenters. The van der Waals surface area contributed by atoms with Crippen LogP contribution in [-0.4, -0.2) is 32.5 Å². The van der Waals surface area contributed by atoms with Gasteiger partial charge in [0.1, 0.15) is 0 Å². The van der Waals surface area contributed by atoms with Crippen molar-refractivity contribution in [2.24, 2.45) is 0 Å². The topological polar surface area (TPSA) is 23.6 Å². The van der Waals surface area contributed by atoms with Gasteiger partial charge in [0.15, 0.2) is 6.29 Å². The van der Waals surface area contributed by atoms with Crippen LogP contribution in [0.3, 0.4) is 0 Å². The summed E-state index contributed by atoms with van der Waals surface area (Å²) in [6, 6.07) is 6.41. The van der Waals surface area contributed by atoms with Crippen molar-refractivity contribution in [1.29, 1.82) is 0 Å². The number of carbonyl (C=O) groups is 1. The maximum absolute atomic E-state index is 12.2. The van der Waals surface area contributed by atoms with E-state index in [1.807, 2.05) is 6.07 Å². The van der Waals surface area contributed by atoms with E-state index in [9.17, 15) is 4.79 Å². The van der Waals surface area contributed by atoms with E-state index in [2.05, 4.69) is 49.6 Å². The number of hydrogen-bond acceptors (Lipinski definition) is 3. The molecule has 1 aromatic rings. The van der Waals surface area contributed by atoms with Crippen molar-refractivity contribution in [2.45, 2.75) is 130 Å². The lowest BCUT2D eigenvalue weighted by Gasteiger charge is -2.34. The molecule has 196 valence electrons. The molecular formula is C31H56N2O. The predicted molar refractivity (Wildman–Crippen MR) is 153 cm³/mol. The third-order valence-corrected chi connectivity index (χ3v) is 6.96. The molecular weight excluding hydrogens is 416 g/mol. The van der Waals surface area contributed by atoms with Crippen LogP contribution in [0.25, 0.3) is 0 Å². The Balaban J connectivity index is 3.18. The summed E-state index contributed by atoms with van der Waals surface area (Å²) in [4.78, 5) is 17.4. The first-order chi connectivity index (χ1) is 16.7. The summed E-state index contributed by atoms with van der Waals surface area (Å²) in [6.45, 7) is 13.4. The zero-order valence-corrected chi connectivity index (χ0v) is 23.3. The Kier molecular flexibility index (Phi) is 18.7. The van der Waals surface area contributed by atoms with Gasteiger partial charge in [-0.25, -0.2) is 0 Å². The van der Waals surface area contributed by atoms with Gasteiger partial charge in [0, 0.05) is 31.7 Å². The lowest BCUT2D eigenvalue weighted by molar-refractivity contribution is 0.112. The van der Waals surface area contributed by atoms with E-state index in [-0.39, 0.29) is 0 Å². The highest BCUT2D eigenvalue weighted by Gasteiger charge is 2.19. The molecule has 3 nitrogen and oxygen atoms in total. The molecule has 0 amide bonds. The molecule has 0 spiro atoms. The molecule has 0 heterocycles. The Labute approximate surface area is 212 Å². The zero-order valence-electron chi connectivity index (χ0n) is 23.3. The molecule has 0 aliphatic rings. The highest BCUT2D eigenvalue weighted by molar-refractivity contribution is 5.91. The number of nitrogens with zero attached hydrogens (tertiary/aromatic N) is 2. The zero-order chi connectivity index (χ0) is 24.9. The van der Waals surface area contributed by atoms with E-state index in [0.29, 0.717) is 0 Å². The minimum Gasteiger partial charge on any atom is -0.370 e. The van der Waals surface area contributed by atoms with Crippen molar-refractivity contribution in [1.82, 2.24) is 0 Å². The molecule has 34 heavy (non-hydrogen) atoms. The summed E-state index contributed by atoms with van der Waals surface area (Å²) in [7, 11) is 0. The molecule has 0 N–H and O–H groups in total. The van der Waals surface area contributed by atoms with Crippen molar-refractivity contribution in [2.75, 3.05) is 36.0 Å². The minimum atomic E-state index is 0.871. The summed E-state index contributed by atoms with van der Waals surface area (Å²) in [6.07, 6.45) is 21.4. The van der Waals surface area contributed by atoms with Crippen LogP contribution in [0, 0.1) is 0 Å². The summed E-state index contributed by atoms with van der Waals surface area (Å²) in [5, 5.41) is 0. The molecule has 1 rings (SSSR count). The average Bonchev–Trinajstić information content (AvgIpc) is 2.86. The molecule has 0 aliphatic carbocycles. The monoisotopic (exact) mass is 472 g/mol. The summed E-state index contributed by atoms with van der Waals surface area (Å²) < 4.78 is 0. The standard InChI is InChI=1S/C31H56N2O/c1-5-9-13-17-24-32(25-18-14-10-6-2)30-23-21-22-29(28-34)31(30)33(26-19-15-11-7-3)27-20-16-12-8-4/h21-23,28H,5-20,24-27H2,1-4H3. The fraction of sp³-hybridized carbons (Fsp3) is 0.774. The number of carbonyl (C=O) groups excluding carboxylic acids is 1. The normalized spacial score (nSPS) is 11.1. The lowest BCUT2D eigenvalue weighted by atomic mass is 10.1. The van der Waals surface area contributed by atoms with Crippen molar-refractivity contribution < 1.29 is 4.79 Å². The Morgan fingerprint density at radius 1 is 0.559 bits per heavy atom. The quantitative estimate of drug-likeness (QED) is 0.117. The second kappa shape index (κ2) is 20.8. The molecule has 0 saturated heterocycles. The van der Waals surface area contributed by atoms with E-state index < -0.39 is 0 Å². The van der Waals surface area contributed by atoms with Crippen LogP contribution in [-0.2, 0) is 0 Å². The Hall–Kier alpha value is -1.51. The smallest absolute Gasteiger partial charge is 0.152 e. The van der Waals surface area contributed by atoms with Crippen molar-refractivity contribution >= 4 is 17.7 Å². The Bertz CT molecular complexity index is 591. The summed E-state index contributed by atoms with van der Waals surface area (Å²) in [5.41, 5.74) is 3.37. The number of hydrogen-bond donors (Lipinski definition) is 0. The molecule has 0 atom stereocenters. The minimum absolute atomic E-state index is 0.871. The van der Waals surface area contributed by atoms with Crippen molar-refractivity contribution in [3.05, 3.63) is 23.8 Å². The predicted octanol–water partition coefficient (Wildman–Crippen LogP) is 9.43. The fourth-order valence-corrected chi connectivity index (χ4v) is 4.85. The molecule has 0 aliphatic heterocycles.